The van der Waals surface area contributed by atoms with Crippen molar-refractivity contribution in [1.82, 2.24) is 4.98 Å². The second-order valence-electron chi connectivity index (χ2n) is 3.67. The van der Waals surface area contributed by atoms with Crippen LogP contribution in [-0.2, 0) is 0 Å². The Balaban J connectivity index is 2.56. The van der Waals surface area contributed by atoms with Gasteiger partial charge in [0, 0.05) is 12.2 Å². The van der Waals surface area contributed by atoms with Crippen LogP contribution in [0.3, 0.4) is 0 Å². The fourth-order valence-electron chi connectivity index (χ4n) is 1.24. The Morgan fingerprint density at radius 2 is 2.33 bits per heavy atom. The van der Waals surface area contributed by atoms with Crippen molar-refractivity contribution >= 4 is 33.5 Å². The third-order valence-electron chi connectivity index (χ3n) is 2.12. The lowest BCUT2D eigenvalue weighted by Crippen LogP contribution is -2.17. The molecule has 1 heterocycles. The molecule has 84 valence electrons. The lowest BCUT2D eigenvalue weighted by Gasteiger charge is -2.15. The Kier molecular flexibility index (Phi) is 5.47. The van der Waals surface area contributed by atoms with Crippen molar-refractivity contribution in [2.75, 3.05) is 17.3 Å². The first kappa shape index (κ1) is 12.8. The number of pyridine rings is 1. The first-order valence-electron chi connectivity index (χ1n) is 5.01. The SMILES string of the molecule is CSCCC(C)Nc1ncc(C)cc1Br. The van der Waals surface area contributed by atoms with Crippen molar-refractivity contribution in [2.45, 2.75) is 26.3 Å². The number of nitrogens with zero attached hydrogens (tertiary/aromatic N) is 1. The zero-order valence-corrected chi connectivity index (χ0v) is 11.8. The number of thioether (sulfide) groups is 1. The minimum atomic E-state index is 0.462. The van der Waals surface area contributed by atoms with E-state index in [1.165, 1.54) is 11.3 Å². The third kappa shape index (κ3) is 4.43. The van der Waals surface area contributed by atoms with Crippen molar-refractivity contribution in [1.29, 1.82) is 0 Å². The Hall–Kier alpha value is -0.220. The summed E-state index contributed by atoms with van der Waals surface area (Å²) in [6, 6.07) is 2.54. The maximum atomic E-state index is 4.36. The number of hydrogen-bond donors (Lipinski definition) is 1. The van der Waals surface area contributed by atoms with Gasteiger partial charge in [0.25, 0.3) is 0 Å². The highest BCUT2D eigenvalue weighted by molar-refractivity contribution is 9.10. The fourth-order valence-corrected chi connectivity index (χ4v) is 2.41. The number of rotatable bonds is 5. The molecule has 0 spiro atoms. The van der Waals surface area contributed by atoms with E-state index in [4.69, 9.17) is 0 Å². The van der Waals surface area contributed by atoms with Crippen LogP contribution in [0.2, 0.25) is 0 Å². The van der Waals surface area contributed by atoms with Crippen molar-refractivity contribution in [3.63, 3.8) is 0 Å². The number of aromatic nitrogens is 1. The van der Waals surface area contributed by atoms with Gasteiger partial charge in [-0.2, -0.15) is 11.8 Å². The average molecular weight is 289 g/mol. The second kappa shape index (κ2) is 6.38. The van der Waals surface area contributed by atoms with Crippen molar-refractivity contribution in [3.8, 4) is 0 Å². The molecule has 0 radical (unpaired) electrons. The lowest BCUT2D eigenvalue weighted by atomic mass is 10.2. The molecule has 0 aliphatic heterocycles. The maximum Gasteiger partial charge on any atom is 0.140 e. The van der Waals surface area contributed by atoms with E-state index in [9.17, 15) is 0 Å². The number of halogens is 1. The van der Waals surface area contributed by atoms with Crippen LogP contribution in [0, 0.1) is 6.92 Å². The predicted octanol–water partition coefficient (Wildman–Crippen LogP) is 3.71. The van der Waals surface area contributed by atoms with Crippen molar-refractivity contribution < 1.29 is 0 Å². The highest BCUT2D eigenvalue weighted by Gasteiger charge is 2.05. The second-order valence-corrected chi connectivity index (χ2v) is 5.51. The van der Waals surface area contributed by atoms with E-state index in [0.29, 0.717) is 6.04 Å². The minimum absolute atomic E-state index is 0.462. The van der Waals surface area contributed by atoms with Gasteiger partial charge in [0.05, 0.1) is 4.47 Å². The van der Waals surface area contributed by atoms with E-state index in [2.05, 4.69) is 45.5 Å². The van der Waals surface area contributed by atoms with Crippen LogP contribution < -0.4 is 5.32 Å². The first-order valence-corrected chi connectivity index (χ1v) is 7.19. The van der Waals surface area contributed by atoms with Crippen LogP contribution in [0.5, 0.6) is 0 Å². The summed E-state index contributed by atoms with van der Waals surface area (Å²) >= 11 is 5.39. The van der Waals surface area contributed by atoms with Gasteiger partial charge in [-0.05, 0) is 59.8 Å². The molecule has 0 saturated heterocycles. The molecule has 0 bridgehead atoms. The fraction of sp³-hybridized carbons (Fsp3) is 0.545. The molecule has 2 nitrogen and oxygen atoms in total. The van der Waals surface area contributed by atoms with Gasteiger partial charge in [0.15, 0.2) is 0 Å². The van der Waals surface area contributed by atoms with Gasteiger partial charge in [-0.1, -0.05) is 0 Å². The van der Waals surface area contributed by atoms with Crippen LogP contribution in [-0.4, -0.2) is 23.0 Å². The highest BCUT2D eigenvalue weighted by Crippen LogP contribution is 2.21. The molecule has 0 amide bonds. The van der Waals surface area contributed by atoms with Crippen molar-refractivity contribution in [2.24, 2.45) is 0 Å². The number of nitrogens with one attached hydrogen (secondary N) is 1. The number of anilines is 1. The largest absolute Gasteiger partial charge is 0.367 e. The van der Waals surface area contributed by atoms with Crippen molar-refractivity contribution in [3.05, 3.63) is 22.3 Å². The molecular formula is C11H17BrN2S. The maximum absolute atomic E-state index is 4.36. The summed E-state index contributed by atoms with van der Waals surface area (Å²) in [6.07, 6.45) is 5.17. The summed E-state index contributed by atoms with van der Waals surface area (Å²) in [5.74, 6) is 2.12. The molecule has 1 N–H and O–H groups in total. The molecule has 1 rings (SSSR count). The lowest BCUT2D eigenvalue weighted by molar-refractivity contribution is 0.766. The molecule has 0 saturated carbocycles. The normalized spacial score (nSPS) is 12.5. The van der Waals surface area contributed by atoms with Gasteiger partial charge in [-0.3, -0.25) is 0 Å². The zero-order valence-electron chi connectivity index (χ0n) is 9.38. The highest BCUT2D eigenvalue weighted by atomic mass is 79.9. The summed E-state index contributed by atoms with van der Waals surface area (Å²) < 4.78 is 1.04. The topological polar surface area (TPSA) is 24.9 Å². The summed E-state index contributed by atoms with van der Waals surface area (Å²) in [4.78, 5) is 4.36. The molecule has 1 unspecified atom stereocenters. The Bertz CT molecular complexity index is 317. The standard InChI is InChI=1S/C11H17BrN2S/c1-8-6-10(12)11(13-7-8)14-9(2)4-5-15-3/h6-7,9H,4-5H2,1-3H3,(H,13,14). The van der Waals surface area contributed by atoms with Gasteiger partial charge in [0.2, 0.25) is 0 Å². The smallest absolute Gasteiger partial charge is 0.140 e. The zero-order chi connectivity index (χ0) is 11.3. The van der Waals surface area contributed by atoms with Gasteiger partial charge in [-0.25, -0.2) is 4.98 Å². The van der Waals surface area contributed by atoms with Gasteiger partial charge in [0.1, 0.15) is 5.82 Å². The molecule has 1 atom stereocenters. The van der Waals surface area contributed by atoms with E-state index < -0.39 is 0 Å². The molecule has 0 aliphatic carbocycles. The van der Waals surface area contributed by atoms with Crippen LogP contribution in [0.4, 0.5) is 5.82 Å². The Labute approximate surface area is 104 Å². The van der Waals surface area contributed by atoms with E-state index in [0.717, 1.165) is 16.7 Å². The molecule has 4 heteroatoms. The van der Waals surface area contributed by atoms with Gasteiger partial charge in [-0.15, -0.1) is 0 Å². The summed E-state index contributed by atoms with van der Waals surface area (Å²) in [5.41, 5.74) is 1.17. The number of aryl methyl sites for hydroxylation is 1. The monoisotopic (exact) mass is 288 g/mol. The molecule has 0 fully saturated rings. The van der Waals surface area contributed by atoms with Crippen LogP contribution >= 0.6 is 27.7 Å². The summed E-state index contributed by atoms with van der Waals surface area (Å²) in [7, 11) is 0. The molecule has 1 aromatic heterocycles. The van der Waals surface area contributed by atoms with E-state index in [1.807, 2.05) is 24.9 Å². The third-order valence-corrected chi connectivity index (χ3v) is 3.36. The van der Waals surface area contributed by atoms with Gasteiger partial charge < -0.3 is 5.32 Å². The summed E-state index contributed by atoms with van der Waals surface area (Å²) in [5, 5.41) is 3.40. The average Bonchev–Trinajstić information content (AvgIpc) is 2.19. The van der Waals surface area contributed by atoms with E-state index in [-0.39, 0.29) is 0 Å². The van der Waals surface area contributed by atoms with E-state index in [1.54, 1.807) is 0 Å². The molecule has 0 aromatic carbocycles. The summed E-state index contributed by atoms with van der Waals surface area (Å²) in [6.45, 7) is 4.23. The molecule has 1 aromatic rings. The van der Waals surface area contributed by atoms with Crippen LogP contribution in [0.25, 0.3) is 0 Å². The number of hydrogen-bond acceptors (Lipinski definition) is 3. The Morgan fingerprint density at radius 3 is 2.93 bits per heavy atom. The van der Waals surface area contributed by atoms with Crippen LogP contribution in [0.1, 0.15) is 18.9 Å². The minimum Gasteiger partial charge on any atom is -0.367 e. The first-order chi connectivity index (χ1) is 7.13. The molecule has 0 aliphatic rings. The van der Waals surface area contributed by atoms with E-state index >= 15 is 0 Å². The van der Waals surface area contributed by atoms with Crippen LogP contribution in [0.15, 0.2) is 16.7 Å². The van der Waals surface area contributed by atoms with Gasteiger partial charge >= 0.3 is 0 Å². The predicted molar refractivity (Wildman–Crippen MR) is 72.8 cm³/mol. The quantitative estimate of drug-likeness (QED) is 0.894. The molecule has 15 heavy (non-hydrogen) atoms. The molecular weight excluding hydrogens is 272 g/mol. The Morgan fingerprint density at radius 1 is 1.60 bits per heavy atom.